The van der Waals surface area contributed by atoms with E-state index in [4.69, 9.17) is 29.4 Å². The molecule has 18 heteroatoms. The zero-order valence-electron chi connectivity index (χ0n) is 33.9. The summed E-state index contributed by atoms with van der Waals surface area (Å²) in [6, 6.07) is 14.1. The third-order valence-electron chi connectivity index (χ3n) is 10.7. The van der Waals surface area contributed by atoms with E-state index in [9.17, 15) is 26.4 Å². The van der Waals surface area contributed by atoms with Gasteiger partial charge in [-0.15, -0.1) is 0 Å². The van der Waals surface area contributed by atoms with Gasteiger partial charge >= 0.3 is 0 Å². The van der Waals surface area contributed by atoms with Crippen molar-refractivity contribution in [3.63, 3.8) is 0 Å². The van der Waals surface area contributed by atoms with Gasteiger partial charge in [0.25, 0.3) is 0 Å². The number of carbonyl (C=O) groups excluding carboxylic acids is 1. The summed E-state index contributed by atoms with van der Waals surface area (Å²) >= 11 is 0. The Kier molecular flexibility index (Phi) is 13.9. The number of ether oxygens (including phenoxy) is 2. The van der Waals surface area contributed by atoms with Crippen LogP contribution in [0.25, 0.3) is 17.0 Å². The van der Waals surface area contributed by atoms with Crippen molar-refractivity contribution in [2.75, 3.05) is 86.6 Å². The number of nitrogens with zero attached hydrogens (tertiary/aromatic N) is 8. The number of hydrogen-bond acceptors (Lipinski definition) is 12. The van der Waals surface area contributed by atoms with Crippen LogP contribution in [0.2, 0.25) is 0 Å². The number of para-hydroxylation sites is 2. The Balaban J connectivity index is 0.834. The molecular formula is C42H50F3N9O5S. The molecule has 320 valence electrons. The molecule has 0 atom stereocenters. The number of nitrogens with one attached hydrogen (secondary N) is 1. The Labute approximate surface area is 347 Å². The summed E-state index contributed by atoms with van der Waals surface area (Å²) in [5.41, 5.74) is 1.71. The lowest BCUT2D eigenvalue weighted by molar-refractivity contribution is 0.0752. The molecule has 4 heterocycles. The molecule has 1 N–H and O–H groups in total. The van der Waals surface area contributed by atoms with E-state index in [0.717, 1.165) is 54.7 Å². The van der Waals surface area contributed by atoms with E-state index >= 15 is 0 Å². The molecule has 2 aliphatic heterocycles. The quantitative estimate of drug-likeness (QED) is 0.0757. The second kappa shape index (κ2) is 19.5. The molecule has 0 amide bonds. The molecule has 2 aromatic heterocycles. The second-order valence-electron chi connectivity index (χ2n) is 15.0. The fourth-order valence-electron chi connectivity index (χ4n) is 7.38. The maximum atomic E-state index is 14.7. The van der Waals surface area contributed by atoms with Gasteiger partial charge in [-0.3, -0.25) is 9.36 Å². The third-order valence-corrected chi connectivity index (χ3v) is 12.6. The number of Topliss-reactive ketones (excluding diaryl/α,β-unsaturated/α-hetero) is 1. The minimum Gasteiger partial charge on any atom is -0.378 e. The van der Waals surface area contributed by atoms with E-state index in [2.05, 4.69) is 10.2 Å². The summed E-state index contributed by atoms with van der Waals surface area (Å²) in [7, 11) is -3.45. The number of hydrogen-bond donors (Lipinski definition) is 1. The van der Waals surface area contributed by atoms with Crippen molar-refractivity contribution >= 4 is 50.1 Å². The Morgan fingerprint density at radius 1 is 0.767 bits per heavy atom. The highest BCUT2D eigenvalue weighted by Gasteiger charge is 2.29. The fourth-order valence-corrected chi connectivity index (χ4v) is 8.93. The molecule has 5 aromatic rings. The van der Waals surface area contributed by atoms with Crippen LogP contribution in [0.1, 0.15) is 60.3 Å². The van der Waals surface area contributed by atoms with Crippen LogP contribution in [-0.4, -0.2) is 114 Å². The zero-order chi connectivity index (χ0) is 42.2. The largest absolute Gasteiger partial charge is 0.378 e. The van der Waals surface area contributed by atoms with Crippen LogP contribution in [0.15, 0.2) is 54.6 Å². The number of sulfonamides is 1. The molecular weight excluding hydrogens is 800 g/mol. The number of fused-ring (bicyclic) bond motifs is 1. The summed E-state index contributed by atoms with van der Waals surface area (Å²) in [5, 5.41) is 2.53. The minimum atomic E-state index is -3.45. The van der Waals surface area contributed by atoms with Gasteiger partial charge in [-0.2, -0.15) is 19.3 Å². The topological polar surface area (TPSA) is 148 Å². The number of imidazole rings is 1. The van der Waals surface area contributed by atoms with Crippen LogP contribution < -0.4 is 15.1 Å². The van der Waals surface area contributed by atoms with Crippen LogP contribution >= 0.6 is 0 Å². The lowest BCUT2D eigenvalue weighted by atomic mass is 10.1. The first kappa shape index (κ1) is 42.9. The number of aryl methyl sites for hydroxylation is 2. The van der Waals surface area contributed by atoms with Gasteiger partial charge in [0.1, 0.15) is 18.2 Å². The lowest BCUT2D eigenvalue weighted by Crippen LogP contribution is -2.50. The molecule has 0 saturated carbocycles. The Morgan fingerprint density at radius 3 is 2.17 bits per heavy atom. The van der Waals surface area contributed by atoms with Crippen LogP contribution in [0.4, 0.5) is 36.4 Å². The first-order valence-electron chi connectivity index (χ1n) is 20.4. The predicted molar refractivity (Wildman–Crippen MR) is 223 cm³/mol. The normalized spacial score (nSPS) is 15.2. The minimum absolute atomic E-state index is 0.0691. The number of ketones is 1. The second-order valence-corrected chi connectivity index (χ2v) is 17.1. The molecule has 14 nitrogen and oxygen atoms in total. The molecule has 0 bridgehead atoms. The van der Waals surface area contributed by atoms with Crippen molar-refractivity contribution in [1.82, 2.24) is 28.8 Å². The summed E-state index contributed by atoms with van der Waals surface area (Å²) in [6.45, 7) is 7.53. The Bertz CT molecular complexity index is 2400. The number of unbranched alkanes of at least 4 members (excludes halogenated alkanes) is 5. The highest BCUT2D eigenvalue weighted by molar-refractivity contribution is 7.89. The van der Waals surface area contributed by atoms with Crippen molar-refractivity contribution < 1.29 is 35.9 Å². The van der Waals surface area contributed by atoms with Crippen LogP contribution in [-0.2, 0) is 19.5 Å². The monoisotopic (exact) mass is 849 g/mol. The van der Waals surface area contributed by atoms with Gasteiger partial charge < -0.3 is 24.6 Å². The maximum absolute atomic E-state index is 14.7. The van der Waals surface area contributed by atoms with Crippen molar-refractivity contribution in [2.24, 2.45) is 0 Å². The Morgan fingerprint density at radius 2 is 1.43 bits per heavy atom. The standard InChI is InChI=1S/C42H50F3N9O5S/c1-29-13-16-34(33(44)27-29)47-39-31(14-15-32(43)38(39)45)37(55)28-59-23-9-5-3-4-6-10-26-60(56,57)53-19-17-51(18-20-53)40-48-41(52-21-24-58-25-22-52)50-42(49-40)54-30(2)46-35-11-7-8-12-36(35)54/h7-8,11-16,27,47H,3-6,9-10,17-26,28H2,1-2H3. The molecule has 0 unspecified atom stereocenters. The lowest BCUT2D eigenvalue weighted by Gasteiger charge is -2.34. The molecule has 7 rings (SSSR count). The molecule has 0 spiro atoms. The van der Waals surface area contributed by atoms with E-state index < -0.39 is 38.9 Å². The summed E-state index contributed by atoms with van der Waals surface area (Å²) in [6.07, 6.45) is 4.50. The molecule has 2 saturated heterocycles. The van der Waals surface area contributed by atoms with Gasteiger partial charge in [0, 0.05) is 51.4 Å². The molecule has 60 heavy (non-hydrogen) atoms. The van der Waals surface area contributed by atoms with E-state index in [1.807, 2.05) is 40.7 Å². The number of benzene rings is 3. The SMILES string of the molecule is Cc1ccc(Nc2c(C(=O)COCCCCCCCCS(=O)(=O)N3CCN(c4nc(N5CCOCC5)nc(-n5c(C)nc6ccccc65)n4)CC3)ccc(F)c2F)c(F)c1. The van der Waals surface area contributed by atoms with Crippen molar-refractivity contribution in [3.05, 3.63) is 89.0 Å². The summed E-state index contributed by atoms with van der Waals surface area (Å²) in [4.78, 5) is 36.3. The number of carbonyl (C=O) groups is 1. The van der Waals surface area contributed by atoms with Crippen molar-refractivity contribution in [1.29, 1.82) is 0 Å². The van der Waals surface area contributed by atoms with Gasteiger partial charge in [0.05, 0.1) is 41.4 Å². The number of morpholine rings is 1. The summed E-state index contributed by atoms with van der Waals surface area (Å²) < 4.78 is 84.4. The van der Waals surface area contributed by atoms with Gasteiger partial charge in [-0.1, -0.05) is 43.9 Å². The number of halogens is 3. The van der Waals surface area contributed by atoms with Crippen molar-refractivity contribution in [3.8, 4) is 5.95 Å². The third kappa shape index (κ3) is 10.2. The molecule has 2 fully saturated rings. The smallest absolute Gasteiger partial charge is 0.242 e. The number of anilines is 4. The maximum Gasteiger partial charge on any atom is 0.242 e. The van der Waals surface area contributed by atoms with E-state index in [0.29, 0.717) is 88.7 Å². The van der Waals surface area contributed by atoms with Crippen LogP contribution in [0, 0.1) is 31.3 Å². The average molecular weight is 850 g/mol. The fraction of sp³-hybridized carbons (Fsp3) is 0.452. The zero-order valence-corrected chi connectivity index (χ0v) is 34.7. The van der Waals surface area contributed by atoms with Crippen LogP contribution in [0.5, 0.6) is 0 Å². The first-order valence-corrected chi connectivity index (χ1v) is 22.0. The number of rotatable bonds is 18. The highest BCUT2D eigenvalue weighted by atomic mass is 32.2. The van der Waals surface area contributed by atoms with Gasteiger partial charge in [0.15, 0.2) is 17.4 Å². The first-order chi connectivity index (χ1) is 29.0. The number of piperazine rings is 1. The molecule has 2 aliphatic rings. The summed E-state index contributed by atoms with van der Waals surface area (Å²) in [5.74, 6) is -1.35. The van der Waals surface area contributed by atoms with Gasteiger partial charge in [-0.05, 0) is 68.7 Å². The number of aromatic nitrogens is 5. The van der Waals surface area contributed by atoms with E-state index in [1.54, 1.807) is 17.3 Å². The Hall–Kier alpha value is -5.17. The van der Waals surface area contributed by atoms with Crippen molar-refractivity contribution in [2.45, 2.75) is 52.4 Å². The molecule has 3 aromatic carbocycles. The molecule has 0 radical (unpaired) electrons. The van der Waals surface area contributed by atoms with Gasteiger partial charge in [-0.25, -0.2) is 26.6 Å². The predicted octanol–water partition coefficient (Wildman–Crippen LogP) is 6.52. The molecule has 0 aliphatic carbocycles. The average Bonchev–Trinajstić information content (AvgIpc) is 3.59. The highest BCUT2D eigenvalue weighted by Crippen LogP contribution is 2.29. The van der Waals surface area contributed by atoms with Crippen LogP contribution in [0.3, 0.4) is 0 Å². The van der Waals surface area contributed by atoms with E-state index in [1.165, 1.54) is 12.1 Å². The van der Waals surface area contributed by atoms with E-state index in [-0.39, 0.29) is 30.2 Å². The van der Waals surface area contributed by atoms with Gasteiger partial charge in [0.2, 0.25) is 27.9 Å².